The van der Waals surface area contributed by atoms with Gasteiger partial charge in [0.2, 0.25) is 0 Å². The van der Waals surface area contributed by atoms with E-state index in [2.05, 4.69) is 0 Å². The minimum atomic E-state index is -2.82. The lowest BCUT2D eigenvalue weighted by atomic mass is 9.70. The van der Waals surface area contributed by atoms with Gasteiger partial charge in [-0.25, -0.2) is 0 Å². The van der Waals surface area contributed by atoms with Gasteiger partial charge < -0.3 is 4.90 Å². The van der Waals surface area contributed by atoms with Crippen LogP contribution in [0.2, 0.25) is 0 Å². The smallest absolute Gasteiger partial charge is 0.0725 e. The summed E-state index contributed by atoms with van der Waals surface area (Å²) in [6.45, 7) is 0. The first-order valence-corrected chi connectivity index (χ1v) is 15.4. The van der Waals surface area contributed by atoms with Crippen molar-refractivity contribution in [3.8, 4) is 33.4 Å². The van der Waals surface area contributed by atoms with Crippen molar-refractivity contribution in [1.82, 2.24) is 0 Å². The normalized spacial score (nSPS) is 22.0. The van der Waals surface area contributed by atoms with Gasteiger partial charge in [-0.2, -0.15) is 0 Å². The number of hydrogen-bond donors (Lipinski definition) is 0. The molecular weight excluding hydrogens is 627 g/mol. The Kier molecular flexibility index (Phi) is 2.45. The molecule has 2 aliphatic rings. The van der Waals surface area contributed by atoms with Gasteiger partial charge >= 0.3 is 0 Å². The molecule has 0 aromatic heterocycles. The second-order valence-electron chi connectivity index (χ2n) is 11.5. The van der Waals surface area contributed by atoms with Gasteiger partial charge in [0, 0.05) is 16.8 Å². The zero-order chi connectivity index (χ0) is 62.9. The molecule has 0 saturated heterocycles. The fraction of sp³-hybridized carbons (Fsp3) is 0.0196. The van der Waals surface area contributed by atoms with E-state index in [1.165, 1.54) is 0 Å². The van der Waals surface area contributed by atoms with Crippen molar-refractivity contribution < 1.29 is 45.2 Å². The number of nitrogens with zero attached hydrogens (tertiary/aromatic N) is 1. The highest BCUT2D eigenvalue weighted by atomic mass is 15.1. The van der Waals surface area contributed by atoms with E-state index in [1.807, 2.05) is 0 Å². The third kappa shape index (κ3) is 4.05. The summed E-state index contributed by atoms with van der Waals surface area (Å²) < 4.78 is 302. The van der Waals surface area contributed by atoms with Gasteiger partial charge in [-0.3, -0.25) is 0 Å². The van der Waals surface area contributed by atoms with Crippen LogP contribution < -0.4 is 4.90 Å². The quantitative estimate of drug-likeness (QED) is 0.177. The molecule has 0 aliphatic heterocycles. The first-order valence-electron chi connectivity index (χ1n) is 31.9. The van der Waals surface area contributed by atoms with Gasteiger partial charge in [0.15, 0.2) is 0 Å². The molecule has 1 spiro atoms. The second-order valence-corrected chi connectivity index (χ2v) is 11.5. The Morgan fingerprint density at radius 1 is 0.346 bits per heavy atom. The molecule has 0 atom stereocenters. The van der Waals surface area contributed by atoms with Crippen LogP contribution in [0.4, 0.5) is 17.1 Å². The van der Waals surface area contributed by atoms with E-state index in [4.69, 9.17) is 26.0 Å². The summed E-state index contributed by atoms with van der Waals surface area (Å²) in [5, 5.41) is -3.11. The first-order chi connectivity index (χ1) is 39.5. The van der Waals surface area contributed by atoms with E-state index < -0.39 is 299 Å². The van der Waals surface area contributed by atoms with E-state index in [1.54, 1.807) is 0 Å². The molecule has 0 saturated carbocycles. The van der Waals surface area contributed by atoms with Crippen LogP contribution in [-0.4, -0.2) is 0 Å². The van der Waals surface area contributed by atoms with E-state index in [0.717, 1.165) is 0 Å². The Labute approximate surface area is 350 Å². The second kappa shape index (κ2) is 11.2. The van der Waals surface area contributed by atoms with Crippen molar-refractivity contribution in [2.45, 2.75) is 5.41 Å². The third-order valence-electron chi connectivity index (χ3n) is 8.94. The maximum atomic E-state index is 10.1. The Hall–Kier alpha value is -6.70. The van der Waals surface area contributed by atoms with Gasteiger partial charge in [0.25, 0.3) is 0 Å². The van der Waals surface area contributed by atoms with Crippen molar-refractivity contribution in [2.24, 2.45) is 0 Å². The summed E-state index contributed by atoms with van der Waals surface area (Å²) in [6, 6.07) is -34.4. The predicted octanol–water partition coefficient (Wildman–Crippen LogP) is 13.5. The lowest BCUT2D eigenvalue weighted by Gasteiger charge is -2.30. The number of benzene rings is 9. The van der Waals surface area contributed by atoms with Crippen LogP contribution in [0, 0.1) is 0 Å². The SMILES string of the molecule is [2H]c1c([2H])c([2H])c2c(c1[2H])-c1c([2H])c([2H])c([2H])c([2H])c1C21c2c([2H])c([2H])c([2H])c([2H])c2-c2c([2H])c(-c3c([2H])c([2H])c(N(c4c([2H])c([2H])c5c([2H])c([2H])c([2H])c([2H])c5c4[2H])c4c([2H])c([2H])c([2H])c5c([2H])c([2H])c([2H])c([2H])c45)c([2H])c3[2H])c([2H])c([2H])c21. The lowest BCUT2D eigenvalue weighted by molar-refractivity contribution is 0.794. The van der Waals surface area contributed by atoms with Crippen molar-refractivity contribution in [3.63, 3.8) is 0 Å². The Morgan fingerprint density at radius 2 is 0.865 bits per heavy atom. The average molecular weight is 693 g/mol. The molecule has 0 amide bonds. The molecule has 242 valence electrons. The topological polar surface area (TPSA) is 3.24 Å². The molecule has 0 bridgehead atoms. The van der Waals surface area contributed by atoms with Crippen LogP contribution in [-0.2, 0) is 5.41 Å². The molecule has 9 aromatic carbocycles. The molecule has 0 fully saturated rings. The molecule has 0 radical (unpaired) electrons. The summed E-state index contributed by atoms with van der Waals surface area (Å²) in [7, 11) is 0. The summed E-state index contributed by atoms with van der Waals surface area (Å²) in [5.41, 5.74) is -13.5. The number of hydrogen-bond acceptors (Lipinski definition) is 1. The molecule has 1 heteroatoms. The standard InChI is InChI=1S/C51H33N/c1-2-14-37-32-40(30-26-34(37)12-1)52(50-23-11-15-36-13-3-4-16-41(36)50)39-28-24-35(25-29-39)38-27-31-49-45(33-38)44-19-7-10-22-48(44)51(49)46-20-8-5-17-42(46)43-18-6-9-21-47(43)51/h1-33H/i1D,2D,3D,4D,5D,6D,7D,8D,9D,10D,11D,12D,13D,14D,15D,16D,17D,18D,19D,20D,21D,22D,23D,24D,25D,26D,27D,28D,29D,30D,31D,32D,33D. The zero-order valence-corrected chi connectivity index (χ0v) is 25.9. The molecule has 2 aliphatic carbocycles. The Morgan fingerprint density at radius 3 is 1.58 bits per heavy atom. The van der Waals surface area contributed by atoms with Gasteiger partial charge in [0.1, 0.15) is 0 Å². The first kappa shape index (κ1) is 11.4. The van der Waals surface area contributed by atoms with Crippen LogP contribution in [0.25, 0.3) is 54.9 Å². The maximum Gasteiger partial charge on any atom is 0.0725 e. The Balaban J connectivity index is 1.33. The molecule has 11 rings (SSSR count). The minimum absolute atomic E-state index is 0.382. The Bertz CT molecular complexity index is 4650. The highest BCUT2D eigenvalue weighted by Gasteiger charge is 2.51. The zero-order valence-electron chi connectivity index (χ0n) is 58.9. The van der Waals surface area contributed by atoms with E-state index >= 15 is 0 Å². The molecule has 52 heavy (non-hydrogen) atoms. The lowest BCUT2D eigenvalue weighted by Crippen LogP contribution is -2.25. The van der Waals surface area contributed by atoms with Crippen molar-refractivity contribution in [2.75, 3.05) is 4.90 Å². The van der Waals surface area contributed by atoms with Crippen molar-refractivity contribution >= 4 is 38.6 Å². The average Bonchev–Trinajstić information content (AvgIpc) is 1.49. The van der Waals surface area contributed by atoms with Crippen molar-refractivity contribution in [1.29, 1.82) is 0 Å². The fourth-order valence-corrected chi connectivity index (χ4v) is 6.82. The molecule has 0 N–H and O–H groups in total. The largest absolute Gasteiger partial charge is 0.310 e. The van der Waals surface area contributed by atoms with Gasteiger partial charge in [-0.1, -0.05) is 163 Å². The van der Waals surface area contributed by atoms with E-state index in [0.29, 0.717) is 4.90 Å². The minimum Gasteiger partial charge on any atom is -0.310 e. The highest BCUT2D eigenvalue weighted by Crippen LogP contribution is 2.63. The maximum absolute atomic E-state index is 10.1. The van der Waals surface area contributed by atoms with Crippen molar-refractivity contribution in [3.05, 3.63) is 222 Å². The molecular formula is C51H33N. The molecule has 9 aromatic rings. The van der Waals surface area contributed by atoms with E-state index in [9.17, 15) is 19.2 Å². The highest BCUT2D eigenvalue weighted by molar-refractivity contribution is 6.01. The van der Waals surface area contributed by atoms with Crippen LogP contribution >= 0.6 is 0 Å². The monoisotopic (exact) mass is 692 g/mol. The summed E-state index contributed by atoms with van der Waals surface area (Å²) in [5.74, 6) is 0. The summed E-state index contributed by atoms with van der Waals surface area (Å²) in [4.78, 5) is 0.382. The van der Waals surface area contributed by atoms with E-state index in [-0.39, 0.29) is 0 Å². The number of anilines is 3. The summed E-state index contributed by atoms with van der Waals surface area (Å²) >= 11 is 0. The molecule has 0 heterocycles. The van der Waals surface area contributed by atoms with Crippen LogP contribution in [0.1, 0.15) is 67.5 Å². The fourth-order valence-electron chi connectivity index (χ4n) is 6.82. The molecule has 1 nitrogen and oxygen atoms in total. The van der Waals surface area contributed by atoms with Crippen LogP contribution in [0.15, 0.2) is 199 Å². The van der Waals surface area contributed by atoms with Gasteiger partial charge in [0.05, 0.1) is 56.3 Å². The number of fused-ring (bicyclic) bond motifs is 12. The summed E-state index contributed by atoms with van der Waals surface area (Å²) in [6.07, 6.45) is 0. The van der Waals surface area contributed by atoms with Gasteiger partial charge in [-0.15, -0.1) is 0 Å². The third-order valence-corrected chi connectivity index (χ3v) is 8.94. The van der Waals surface area contributed by atoms with Gasteiger partial charge in [-0.05, 0) is 108 Å². The molecule has 0 unspecified atom stereocenters. The number of rotatable bonds is 4. The van der Waals surface area contributed by atoms with Crippen LogP contribution in [0.5, 0.6) is 0 Å². The predicted molar refractivity (Wildman–Crippen MR) is 218 cm³/mol. The van der Waals surface area contributed by atoms with Crippen LogP contribution in [0.3, 0.4) is 0 Å².